The van der Waals surface area contributed by atoms with Crippen LogP contribution in [0.1, 0.15) is 18.1 Å². The summed E-state index contributed by atoms with van der Waals surface area (Å²) in [6.45, 7) is 2.27. The number of alkyl halides is 3. The molecule has 2 nitrogen and oxygen atoms in total. The molecule has 0 aliphatic heterocycles. The SMILES string of the molecule is CCOP(Cc1ccccc1)Oc1cccc(C(F)(F)F)c1. The van der Waals surface area contributed by atoms with Gasteiger partial charge in [-0.15, -0.1) is 0 Å². The first-order valence-corrected chi connectivity index (χ1v) is 8.15. The molecule has 2 rings (SSSR count). The monoisotopic (exact) mass is 328 g/mol. The second kappa shape index (κ2) is 7.61. The molecular weight excluding hydrogens is 312 g/mol. The number of halogens is 3. The Kier molecular flexibility index (Phi) is 5.81. The number of rotatable bonds is 6. The molecule has 0 aromatic heterocycles. The maximum absolute atomic E-state index is 12.7. The highest BCUT2D eigenvalue weighted by Crippen LogP contribution is 2.43. The zero-order chi connectivity index (χ0) is 16.0. The summed E-state index contributed by atoms with van der Waals surface area (Å²) in [6.07, 6.45) is -3.85. The molecule has 1 atom stereocenters. The summed E-state index contributed by atoms with van der Waals surface area (Å²) in [7, 11) is -1.33. The van der Waals surface area contributed by atoms with Crippen LogP contribution >= 0.6 is 8.38 Å². The Labute approximate surface area is 128 Å². The lowest BCUT2D eigenvalue weighted by atomic mass is 10.2. The summed E-state index contributed by atoms with van der Waals surface area (Å²) < 4.78 is 49.3. The minimum Gasteiger partial charge on any atom is -0.447 e. The van der Waals surface area contributed by atoms with E-state index in [0.29, 0.717) is 12.8 Å². The van der Waals surface area contributed by atoms with Crippen molar-refractivity contribution in [2.24, 2.45) is 0 Å². The molecule has 0 aliphatic rings. The van der Waals surface area contributed by atoms with Crippen LogP contribution in [0.5, 0.6) is 5.75 Å². The van der Waals surface area contributed by atoms with E-state index in [0.717, 1.165) is 17.7 Å². The quantitative estimate of drug-likeness (QED) is 0.640. The van der Waals surface area contributed by atoms with Crippen LogP contribution in [0.15, 0.2) is 54.6 Å². The Morgan fingerprint density at radius 3 is 2.36 bits per heavy atom. The molecule has 0 amide bonds. The molecule has 0 bridgehead atoms. The summed E-state index contributed by atoms with van der Waals surface area (Å²) in [6, 6.07) is 14.4. The highest BCUT2D eigenvalue weighted by Gasteiger charge is 2.30. The first-order chi connectivity index (χ1) is 10.5. The van der Waals surface area contributed by atoms with Crippen LogP contribution in [0.25, 0.3) is 0 Å². The van der Waals surface area contributed by atoms with Crippen molar-refractivity contribution in [2.45, 2.75) is 19.3 Å². The van der Waals surface area contributed by atoms with Gasteiger partial charge in [0.05, 0.1) is 18.3 Å². The Hall–Kier alpha value is -1.58. The Morgan fingerprint density at radius 1 is 1.00 bits per heavy atom. The van der Waals surface area contributed by atoms with Gasteiger partial charge in [0, 0.05) is 0 Å². The Morgan fingerprint density at radius 2 is 1.73 bits per heavy atom. The van der Waals surface area contributed by atoms with Crippen molar-refractivity contribution in [3.63, 3.8) is 0 Å². The first-order valence-electron chi connectivity index (χ1n) is 6.78. The fourth-order valence-electron chi connectivity index (χ4n) is 1.83. The van der Waals surface area contributed by atoms with Crippen LogP contribution < -0.4 is 4.52 Å². The molecule has 0 fully saturated rings. The fourth-order valence-corrected chi connectivity index (χ4v) is 3.18. The van der Waals surface area contributed by atoms with Gasteiger partial charge in [-0.2, -0.15) is 13.2 Å². The molecule has 0 saturated carbocycles. The van der Waals surface area contributed by atoms with E-state index in [-0.39, 0.29) is 5.75 Å². The molecule has 0 aliphatic carbocycles. The van der Waals surface area contributed by atoms with Gasteiger partial charge in [-0.25, -0.2) is 0 Å². The number of benzene rings is 2. The topological polar surface area (TPSA) is 18.5 Å². The highest BCUT2D eigenvalue weighted by atomic mass is 31.2. The van der Waals surface area contributed by atoms with E-state index < -0.39 is 20.1 Å². The molecule has 6 heteroatoms. The van der Waals surface area contributed by atoms with Crippen LogP contribution in [0.2, 0.25) is 0 Å². The molecule has 0 radical (unpaired) electrons. The zero-order valence-corrected chi connectivity index (χ0v) is 12.9. The van der Waals surface area contributed by atoms with Gasteiger partial charge in [0.15, 0.2) is 0 Å². The van der Waals surface area contributed by atoms with Crippen molar-refractivity contribution in [1.82, 2.24) is 0 Å². The predicted molar refractivity (Wildman–Crippen MR) is 80.8 cm³/mol. The van der Waals surface area contributed by atoms with Gasteiger partial charge in [0.2, 0.25) is 8.38 Å². The van der Waals surface area contributed by atoms with Gasteiger partial charge in [0.25, 0.3) is 0 Å². The molecule has 118 valence electrons. The van der Waals surface area contributed by atoms with Gasteiger partial charge in [-0.3, -0.25) is 0 Å². The van der Waals surface area contributed by atoms with E-state index in [2.05, 4.69) is 0 Å². The van der Waals surface area contributed by atoms with Gasteiger partial charge < -0.3 is 9.05 Å². The molecule has 0 saturated heterocycles. The standard InChI is InChI=1S/C16H16F3O2P/c1-2-20-22(12-13-7-4-3-5-8-13)21-15-10-6-9-14(11-15)16(17,18)19/h3-11H,2,12H2,1H3. The highest BCUT2D eigenvalue weighted by molar-refractivity contribution is 7.46. The van der Waals surface area contributed by atoms with E-state index in [4.69, 9.17) is 9.05 Å². The number of hydrogen-bond donors (Lipinski definition) is 0. The third-order valence-corrected chi connectivity index (χ3v) is 4.38. The molecule has 0 spiro atoms. The van der Waals surface area contributed by atoms with Crippen LogP contribution in [-0.2, 0) is 16.9 Å². The molecule has 2 aromatic carbocycles. The summed E-state index contributed by atoms with van der Waals surface area (Å²) in [5, 5.41) is 0. The zero-order valence-electron chi connectivity index (χ0n) is 12.0. The normalized spacial score (nSPS) is 12.9. The average molecular weight is 328 g/mol. The van der Waals surface area contributed by atoms with Gasteiger partial charge in [-0.1, -0.05) is 36.4 Å². The minimum absolute atomic E-state index is 0.172. The average Bonchev–Trinajstić information content (AvgIpc) is 2.48. The third-order valence-electron chi connectivity index (χ3n) is 2.80. The van der Waals surface area contributed by atoms with E-state index in [1.165, 1.54) is 12.1 Å². The van der Waals surface area contributed by atoms with Crippen LogP contribution in [0.4, 0.5) is 13.2 Å². The summed E-state index contributed by atoms with van der Waals surface area (Å²) in [5.41, 5.74) is 0.296. The molecule has 0 N–H and O–H groups in total. The van der Waals surface area contributed by atoms with E-state index in [1.54, 1.807) is 0 Å². The van der Waals surface area contributed by atoms with Crippen molar-refractivity contribution in [3.05, 3.63) is 65.7 Å². The fraction of sp³-hybridized carbons (Fsp3) is 0.250. The van der Waals surface area contributed by atoms with Gasteiger partial charge in [-0.05, 0) is 30.7 Å². The molecule has 2 aromatic rings. The minimum atomic E-state index is -4.38. The molecule has 22 heavy (non-hydrogen) atoms. The lowest BCUT2D eigenvalue weighted by Crippen LogP contribution is -2.05. The first kappa shape index (κ1) is 16.8. The predicted octanol–water partition coefficient (Wildman–Crippen LogP) is 5.63. The van der Waals surface area contributed by atoms with Crippen LogP contribution in [0, 0.1) is 0 Å². The number of hydrogen-bond acceptors (Lipinski definition) is 2. The maximum atomic E-state index is 12.7. The van der Waals surface area contributed by atoms with E-state index in [1.807, 2.05) is 37.3 Å². The Bertz CT molecular complexity index is 587. The third kappa shape index (κ3) is 5.00. The van der Waals surface area contributed by atoms with Gasteiger partial charge in [0.1, 0.15) is 5.75 Å². The van der Waals surface area contributed by atoms with E-state index in [9.17, 15) is 13.2 Å². The van der Waals surface area contributed by atoms with Crippen molar-refractivity contribution in [3.8, 4) is 5.75 Å². The second-order valence-electron chi connectivity index (χ2n) is 4.51. The molecule has 0 heterocycles. The summed E-state index contributed by atoms with van der Waals surface area (Å²) >= 11 is 0. The van der Waals surface area contributed by atoms with Crippen molar-refractivity contribution >= 4 is 8.38 Å². The molecule has 1 unspecified atom stereocenters. The molecular formula is C16H16F3O2P. The van der Waals surface area contributed by atoms with Crippen molar-refractivity contribution < 1.29 is 22.2 Å². The second-order valence-corrected chi connectivity index (χ2v) is 5.93. The summed E-state index contributed by atoms with van der Waals surface area (Å²) in [4.78, 5) is 0. The van der Waals surface area contributed by atoms with E-state index >= 15 is 0 Å². The van der Waals surface area contributed by atoms with Crippen LogP contribution in [0.3, 0.4) is 0 Å². The maximum Gasteiger partial charge on any atom is 0.416 e. The Balaban J connectivity index is 2.11. The lowest BCUT2D eigenvalue weighted by Gasteiger charge is -2.18. The lowest BCUT2D eigenvalue weighted by molar-refractivity contribution is -0.137. The largest absolute Gasteiger partial charge is 0.447 e. The van der Waals surface area contributed by atoms with Gasteiger partial charge >= 0.3 is 6.18 Å². The summed E-state index contributed by atoms with van der Waals surface area (Å²) in [5.74, 6) is 0.172. The van der Waals surface area contributed by atoms with Crippen LogP contribution in [-0.4, -0.2) is 6.61 Å². The smallest absolute Gasteiger partial charge is 0.416 e. The van der Waals surface area contributed by atoms with Crippen molar-refractivity contribution in [1.29, 1.82) is 0 Å². The van der Waals surface area contributed by atoms with Crippen molar-refractivity contribution in [2.75, 3.05) is 6.61 Å².